The summed E-state index contributed by atoms with van der Waals surface area (Å²) in [5.41, 5.74) is 4.69. The van der Waals surface area contributed by atoms with Crippen molar-refractivity contribution in [2.75, 3.05) is 12.0 Å². The lowest BCUT2D eigenvalue weighted by Gasteiger charge is -2.12. The number of nitrogens with zero attached hydrogens (tertiary/aromatic N) is 1. The normalized spacial score (nSPS) is 10.2. The molecule has 2 rings (SSSR count). The van der Waals surface area contributed by atoms with Gasteiger partial charge >= 0.3 is 0 Å². The van der Waals surface area contributed by atoms with E-state index in [-0.39, 0.29) is 12.5 Å². The number of ether oxygens (including phenoxy) is 1. The SMILES string of the molecule is Cc1cc(C=O)c(C)n1NC(=O)COc1ccc(Cl)cc1. The molecule has 2 aromatic rings. The molecule has 1 aromatic heterocycles. The van der Waals surface area contributed by atoms with Crippen molar-refractivity contribution in [2.24, 2.45) is 0 Å². The van der Waals surface area contributed by atoms with Gasteiger partial charge in [-0.1, -0.05) is 11.6 Å². The predicted molar refractivity (Wildman–Crippen MR) is 80.6 cm³/mol. The predicted octanol–water partition coefficient (Wildman–Crippen LogP) is 2.72. The van der Waals surface area contributed by atoms with Crippen molar-refractivity contribution in [3.63, 3.8) is 0 Å². The second-order valence-corrected chi connectivity index (χ2v) is 4.99. The summed E-state index contributed by atoms with van der Waals surface area (Å²) in [6, 6.07) is 8.46. The Hall–Kier alpha value is -2.27. The maximum Gasteiger partial charge on any atom is 0.276 e. The van der Waals surface area contributed by atoms with Gasteiger partial charge in [0.25, 0.3) is 5.91 Å². The van der Waals surface area contributed by atoms with Gasteiger partial charge in [0.15, 0.2) is 12.9 Å². The van der Waals surface area contributed by atoms with E-state index in [0.29, 0.717) is 22.0 Å². The monoisotopic (exact) mass is 306 g/mol. The zero-order chi connectivity index (χ0) is 15.4. The third-order valence-corrected chi connectivity index (χ3v) is 3.27. The Labute approximate surface area is 127 Å². The second kappa shape index (κ2) is 6.45. The Morgan fingerprint density at radius 3 is 2.57 bits per heavy atom. The molecule has 21 heavy (non-hydrogen) atoms. The van der Waals surface area contributed by atoms with Gasteiger partial charge in [0.2, 0.25) is 0 Å². The molecule has 1 amide bonds. The third-order valence-electron chi connectivity index (χ3n) is 3.02. The maximum absolute atomic E-state index is 11.9. The molecule has 0 spiro atoms. The number of rotatable bonds is 5. The summed E-state index contributed by atoms with van der Waals surface area (Å²) in [4.78, 5) is 22.7. The van der Waals surface area contributed by atoms with Crippen LogP contribution in [0.2, 0.25) is 5.02 Å². The highest BCUT2D eigenvalue weighted by Crippen LogP contribution is 2.15. The summed E-state index contributed by atoms with van der Waals surface area (Å²) in [6.45, 7) is 3.44. The molecule has 6 heteroatoms. The van der Waals surface area contributed by atoms with Gasteiger partial charge in [-0.05, 0) is 44.2 Å². The summed E-state index contributed by atoms with van der Waals surface area (Å²) in [5.74, 6) is 0.244. The number of carbonyl (C=O) groups is 2. The van der Waals surface area contributed by atoms with E-state index in [1.165, 1.54) is 0 Å². The molecule has 1 N–H and O–H groups in total. The molecule has 1 aromatic carbocycles. The highest BCUT2D eigenvalue weighted by Gasteiger charge is 2.11. The smallest absolute Gasteiger partial charge is 0.276 e. The number of hydrogen-bond acceptors (Lipinski definition) is 3. The van der Waals surface area contributed by atoms with Gasteiger partial charge in [-0.2, -0.15) is 0 Å². The topological polar surface area (TPSA) is 60.3 Å². The molecular weight excluding hydrogens is 292 g/mol. The van der Waals surface area contributed by atoms with Crippen molar-refractivity contribution >= 4 is 23.8 Å². The molecule has 110 valence electrons. The van der Waals surface area contributed by atoms with Crippen molar-refractivity contribution in [1.82, 2.24) is 4.68 Å². The number of benzene rings is 1. The van der Waals surface area contributed by atoms with Crippen molar-refractivity contribution in [3.05, 3.63) is 52.3 Å². The first-order valence-electron chi connectivity index (χ1n) is 6.33. The summed E-state index contributed by atoms with van der Waals surface area (Å²) >= 11 is 5.77. The molecule has 0 unspecified atom stereocenters. The fraction of sp³-hybridized carbons (Fsp3) is 0.200. The van der Waals surface area contributed by atoms with Crippen LogP contribution in [0.3, 0.4) is 0 Å². The van der Waals surface area contributed by atoms with Crippen LogP contribution in [0.4, 0.5) is 0 Å². The molecule has 0 aliphatic heterocycles. The van der Waals surface area contributed by atoms with Crippen LogP contribution in [0, 0.1) is 13.8 Å². The minimum atomic E-state index is -0.316. The lowest BCUT2D eigenvalue weighted by atomic mass is 10.3. The van der Waals surface area contributed by atoms with Crippen LogP contribution < -0.4 is 10.2 Å². The summed E-state index contributed by atoms with van der Waals surface area (Å²) in [5, 5.41) is 0.604. The van der Waals surface area contributed by atoms with Crippen molar-refractivity contribution in [3.8, 4) is 5.75 Å². The number of amides is 1. The third kappa shape index (κ3) is 3.64. The summed E-state index contributed by atoms with van der Waals surface area (Å²) in [7, 11) is 0. The first kappa shape index (κ1) is 15.1. The lowest BCUT2D eigenvalue weighted by molar-refractivity contribution is -0.119. The van der Waals surface area contributed by atoms with Gasteiger partial charge in [-0.15, -0.1) is 0 Å². The fourth-order valence-electron chi connectivity index (χ4n) is 1.92. The van der Waals surface area contributed by atoms with Gasteiger partial charge < -0.3 is 4.74 Å². The number of carbonyl (C=O) groups excluding carboxylic acids is 2. The second-order valence-electron chi connectivity index (χ2n) is 4.56. The minimum Gasteiger partial charge on any atom is -0.484 e. The zero-order valence-electron chi connectivity index (χ0n) is 11.7. The van der Waals surface area contributed by atoms with E-state index in [4.69, 9.17) is 16.3 Å². The van der Waals surface area contributed by atoms with E-state index in [1.807, 2.05) is 0 Å². The maximum atomic E-state index is 11.9. The average molecular weight is 307 g/mol. The molecule has 0 saturated carbocycles. The number of nitrogens with one attached hydrogen (secondary N) is 1. The Morgan fingerprint density at radius 2 is 2.00 bits per heavy atom. The quantitative estimate of drug-likeness (QED) is 0.864. The minimum absolute atomic E-state index is 0.130. The number of halogens is 1. The number of hydrogen-bond donors (Lipinski definition) is 1. The lowest BCUT2D eigenvalue weighted by Crippen LogP contribution is -2.29. The van der Waals surface area contributed by atoms with E-state index in [2.05, 4.69) is 5.43 Å². The van der Waals surface area contributed by atoms with Crippen LogP contribution in [-0.2, 0) is 4.79 Å². The summed E-state index contributed by atoms with van der Waals surface area (Å²) < 4.78 is 6.92. The van der Waals surface area contributed by atoms with Crippen LogP contribution in [0.5, 0.6) is 5.75 Å². The van der Waals surface area contributed by atoms with Gasteiger partial charge in [-0.25, -0.2) is 0 Å². The molecule has 0 aliphatic carbocycles. The van der Waals surface area contributed by atoms with Crippen LogP contribution in [0.1, 0.15) is 21.7 Å². The average Bonchev–Trinajstić information content (AvgIpc) is 2.74. The summed E-state index contributed by atoms with van der Waals surface area (Å²) in [6.07, 6.45) is 0.759. The number of aryl methyl sites for hydroxylation is 1. The van der Waals surface area contributed by atoms with Gasteiger partial charge in [0.1, 0.15) is 5.75 Å². The van der Waals surface area contributed by atoms with Crippen molar-refractivity contribution in [1.29, 1.82) is 0 Å². The van der Waals surface area contributed by atoms with E-state index in [0.717, 1.165) is 12.0 Å². The Bertz CT molecular complexity index is 662. The number of aromatic nitrogens is 1. The van der Waals surface area contributed by atoms with E-state index in [9.17, 15) is 9.59 Å². The highest BCUT2D eigenvalue weighted by molar-refractivity contribution is 6.30. The van der Waals surface area contributed by atoms with E-state index in [1.54, 1.807) is 48.9 Å². The Morgan fingerprint density at radius 1 is 1.33 bits per heavy atom. The van der Waals surface area contributed by atoms with Crippen LogP contribution in [0.25, 0.3) is 0 Å². The molecular formula is C15H15ClN2O3. The molecule has 5 nitrogen and oxygen atoms in total. The van der Waals surface area contributed by atoms with Crippen LogP contribution >= 0.6 is 11.6 Å². The van der Waals surface area contributed by atoms with Gasteiger partial charge in [-0.3, -0.25) is 19.7 Å². The highest BCUT2D eigenvalue weighted by atomic mass is 35.5. The molecule has 0 saturated heterocycles. The van der Waals surface area contributed by atoms with Gasteiger partial charge in [0.05, 0.1) is 0 Å². The van der Waals surface area contributed by atoms with E-state index < -0.39 is 0 Å². The Balaban J connectivity index is 1.97. The largest absolute Gasteiger partial charge is 0.484 e. The number of aldehydes is 1. The zero-order valence-corrected chi connectivity index (χ0v) is 12.5. The van der Waals surface area contributed by atoms with Gasteiger partial charge in [0, 0.05) is 22.0 Å². The molecule has 0 bridgehead atoms. The van der Waals surface area contributed by atoms with E-state index >= 15 is 0 Å². The first-order valence-corrected chi connectivity index (χ1v) is 6.71. The van der Waals surface area contributed by atoms with Crippen molar-refractivity contribution < 1.29 is 14.3 Å². The molecule has 0 radical (unpaired) electrons. The van der Waals surface area contributed by atoms with Crippen LogP contribution in [0.15, 0.2) is 30.3 Å². The molecule has 0 fully saturated rings. The molecule has 1 heterocycles. The van der Waals surface area contributed by atoms with Crippen LogP contribution in [-0.4, -0.2) is 23.5 Å². The van der Waals surface area contributed by atoms with Crippen molar-refractivity contribution in [2.45, 2.75) is 13.8 Å². The first-order chi connectivity index (χ1) is 10.0. The fourth-order valence-corrected chi connectivity index (χ4v) is 2.04. The molecule has 0 aliphatic rings. The Kier molecular flexibility index (Phi) is 4.65. The standard InChI is InChI=1S/C15H15ClN2O3/c1-10-7-12(8-19)11(2)18(10)17-15(20)9-21-14-5-3-13(16)4-6-14/h3-8H,9H2,1-2H3,(H,17,20). The molecule has 0 atom stereocenters.